The van der Waals surface area contributed by atoms with E-state index in [2.05, 4.69) is 5.32 Å². The Hall–Kier alpha value is -2.44. The normalized spacial score (nSPS) is 11.5. The van der Waals surface area contributed by atoms with E-state index in [0.717, 1.165) is 5.56 Å². The minimum absolute atomic E-state index is 0.0387. The van der Waals surface area contributed by atoms with Crippen molar-refractivity contribution in [2.45, 2.75) is 25.7 Å². The largest absolute Gasteiger partial charge is 0.356 e. The lowest BCUT2D eigenvalue weighted by atomic mass is 9.97. The molecule has 4 N–H and O–H groups in total. The van der Waals surface area contributed by atoms with Crippen LogP contribution in [0.25, 0.3) is 0 Å². The van der Waals surface area contributed by atoms with Crippen LogP contribution in [0.15, 0.2) is 24.3 Å². The van der Waals surface area contributed by atoms with Gasteiger partial charge in [-0.15, -0.1) is 0 Å². The first-order chi connectivity index (χ1) is 9.88. The van der Waals surface area contributed by atoms with E-state index in [1.165, 1.54) is 12.1 Å². The molecule has 1 atom stereocenters. The summed E-state index contributed by atoms with van der Waals surface area (Å²) >= 11 is 0. The molecule has 0 radical (unpaired) electrons. The third-order valence-corrected chi connectivity index (χ3v) is 2.85. The number of hydrogen-bond acceptors (Lipinski definition) is 3. The SMILES string of the molecule is CC(CC(=O)NCCC(=O)NC(N)=O)c1cccc(F)c1. The van der Waals surface area contributed by atoms with Crippen molar-refractivity contribution in [2.24, 2.45) is 5.73 Å². The van der Waals surface area contributed by atoms with Gasteiger partial charge in [-0.05, 0) is 23.6 Å². The molecule has 1 aromatic rings. The van der Waals surface area contributed by atoms with Crippen molar-refractivity contribution >= 4 is 17.8 Å². The topological polar surface area (TPSA) is 101 Å². The average Bonchev–Trinajstić information content (AvgIpc) is 2.37. The van der Waals surface area contributed by atoms with Gasteiger partial charge >= 0.3 is 6.03 Å². The Morgan fingerprint density at radius 1 is 1.29 bits per heavy atom. The van der Waals surface area contributed by atoms with Crippen molar-refractivity contribution in [1.82, 2.24) is 10.6 Å². The number of amides is 4. The van der Waals surface area contributed by atoms with Crippen LogP contribution in [0.4, 0.5) is 9.18 Å². The van der Waals surface area contributed by atoms with E-state index in [9.17, 15) is 18.8 Å². The van der Waals surface area contributed by atoms with Gasteiger partial charge in [-0.2, -0.15) is 0 Å². The van der Waals surface area contributed by atoms with Crippen LogP contribution in [0.5, 0.6) is 0 Å². The van der Waals surface area contributed by atoms with Crippen LogP contribution < -0.4 is 16.4 Å². The number of primary amides is 1. The molecule has 0 saturated heterocycles. The fourth-order valence-electron chi connectivity index (χ4n) is 1.80. The van der Waals surface area contributed by atoms with E-state index in [4.69, 9.17) is 5.73 Å². The second-order valence-corrected chi connectivity index (χ2v) is 4.67. The molecular formula is C14H18FN3O3. The Morgan fingerprint density at radius 3 is 2.62 bits per heavy atom. The zero-order valence-electron chi connectivity index (χ0n) is 11.7. The summed E-state index contributed by atoms with van der Waals surface area (Å²) in [4.78, 5) is 33.2. The molecule has 0 aliphatic heterocycles. The number of imide groups is 1. The summed E-state index contributed by atoms with van der Waals surface area (Å²) in [5.41, 5.74) is 5.51. The van der Waals surface area contributed by atoms with E-state index in [0.29, 0.717) is 0 Å². The van der Waals surface area contributed by atoms with Gasteiger partial charge in [-0.25, -0.2) is 9.18 Å². The van der Waals surface area contributed by atoms with Crippen LogP contribution in [0.2, 0.25) is 0 Å². The summed E-state index contributed by atoms with van der Waals surface area (Å²) in [5, 5.41) is 4.45. The van der Waals surface area contributed by atoms with Crippen molar-refractivity contribution in [3.05, 3.63) is 35.6 Å². The number of rotatable bonds is 6. The quantitative estimate of drug-likeness (QED) is 0.730. The van der Waals surface area contributed by atoms with Gasteiger partial charge in [0.15, 0.2) is 0 Å². The van der Waals surface area contributed by atoms with Gasteiger partial charge in [0, 0.05) is 19.4 Å². The van der Waals surface area contributed by atoms with E-state index >= 15 is 0 Å². The Bertz CT molecular complexity index is 534. The second-order valence-electron chi connectivity index (χ2n) is 4.67. The monoisotopic (exact) mass is 295 g/mol. The maximum Gasteiger partial charge on any atom is 0.318 e. The molecule has 21 heavy (non-hydrogen) atoms. The smallest absolute Gasteiger partial charge is 0.318 e. The Balaban J connectivity index is 2.33. The molecule has 0 heterocycles. The summed E-state index contributed by atoms with van der Waals surface area (Å²) in [5.74, 6) is -1.29. The van der Waals surface area contributed by atoms with Gasteiger partial charge < -0.3 is 11.1 Å². The average molecular weight is 295 g/mol. The molecule has 7 heteroatoms. The molecule has 114 valence electrons. The second kappa shape index (κ2) is 7.98. The summed E-state index contributed by atoms with van der Waals surface area (Å²) in [6.07, 6.45) is 0.143. The van der Waals surface area contributed by atoms with E-state index in [1.807, 2.05) is 12.2 Å². The highest BCUT2D eigenvalue weighted by Gasteiger charge is 2.12. The van der Waals surface area contributed by atoms with Crippen LogP contribution in [0.3, 0.4) is 0 Å². The molecule has 1 rings (SSSR count). The minimum Gasteiger partial charge on any atom is -0.356 e. The molecule has 0 aromatic heterocycles. The first-order valence-corrected chi connectivity index (χ1v) is 6.50. The molecule has 0 bridgehead atoms. The van der Waals surface area contributed by atoms with Crippen molar-refractivity contribution in [1.29, 1.82) is 0 Å². The van der Waals surface area contributed by atoms with Gasteiger partial charge in [0.05, 0.1) is 0 Å². The molecular weight excluding hydrogens is 277 g/mol. The molecule has 1 aromatic carbocycles. The highest BCUT2D eigenvalue weighted by atomic mass is 19.1. The Labute approximate surface area is 121 Å². The van der Waals surface area contributed by atoms with Crippen molar-refractivity contribution in [3.8, 4) is 0 Å². The van der Waals surface area contributed by atoms with Gasteiger partial charge in [-0.1, -0.05) is 19.1 Å². The predicted molar refractivity (Wildman–Crippen MR) is 74.8 cm³/mol. The fraction of sp³-hybridized carbons (Fsp3) is 0.357. The van der Waals surface area contributed by atoms with Crippen LogP contribution >= 0.6 is 0 Å². The molecule has 4 amide bonds. The first-order valence-electron chi connectivity index (χ1n) is 6.50. The fourth-order valence-corrected chi connectivity index (χ4v) is 1.80. The molecule has 1 unspecified atom stereocenters. The minimum atomic E-state index is -0.925. The van der Waals surface area contributed by atoms with Crippen LogP contribution in [0, 0.1) is 5.82 Å². The number of halogens is 1. The molecule has 6 nitrogen and oxygen atoms in total. The van der Waals surface area contributed by atoms with Gasteiger partial charge in [0.1, 0.15) is 5.82 Å². The molecule has 0 spiro atoms. The van der Waals surface area contributed by atoms with Gasteiger partial charge in [-0.3, -0.25) is 14.9 Å². The summed E-state index contributed by atoms with van der Waals surface area (Å²) in [6, 6.07) is 5.14. The van der Waals surface area contributed by atoms with Crippen molar-refractivity contribution in [3.63, 3.8) is 0 Å². The standard InChI is InChI=1S/C14H18FN3O3/c1-9(10-3-2-4-11(15)8-10)7-13(20)17-6-5-12(19)18-14(16)21/h2-4,8-9H,5-7H2,1H3,(H,17,20)(H3,16,18,19,21). The van der Waals surface area contributed by atoms with E-state index in [1.54, 1.807) is 12.1 Å². The summed E-state index contributed by atoms with van der Waals surface area (Å²) in [6.45, 7) is 1.92. The third-order valence-electron chi connectivity index (χ3n) is 2.85. The molecule has 0 fully saturated rings. The summed E-state index contributed by atoms with van der Waals surface area (Å²) in [7, 11) is 0. The highest BCUT2D eigenvalue weighted by molar-refractivity contribution is 5.93. The number of nitrogens with one attached hydrogen (secondary N) is 2. The van der Waals surface area contributed by atoms with Gasteiger partial charge in [0.2, 0.25) is 11.8 Å². The van der Waals surface area contributed by atoms with Crippen LogP contribution in [0.1, 0.15) is 31.2 Å². The maximum atomic E-state index is 13.1. The summed E-state index contributed by atoms with van der Waals surface area (Å²) < 4.78 is 13.1. The number of nitrogens with two attached hydrogens (primary N) is 1. The van der Waals surface area contributed by atoms with E-state index < -0.39 is 11.9 Å². The van der Waals surface area contributed by atoms with Crippen LogP contribution in [-0.2, 0) is 9.59 Å². The van der Waals surface area contributed by atoms with E-state index in [-0.39, 0.29) is 37.0 Å². The Kier molecular flexibility index (Phi) is 6.32. The Morgan fingerprint density at radius 2 is 2.00 bits per heavy atom. The van der Waals surface area contributed by atoms with Crippen molar-refractivity contribution in [2.75, 3.05) is 6.54 Å². The van der Waals surface area contributed by atoms with Crippen molar-refractivity contribution < 1.29 is 18.8 Å². The predicted octanol–water partition coefficient (Wildman–Crippen LogP) is 1.02. The highest BCUT2D eigenvalue weighted by Crippen LogP contribution is 2.19. The first kappa shape index (κ1) is 16.6. The van der Waals surface area contributed by atoms with Crippen LogP contribution in [-0.4, -0.2) is 24.4 Å². The lowest BCUT2D eigenvalue weighted by Crippen LogP contribution is -2.37. The molecule has 0 saturated carbocycles. The maximum absolute atomic E-state index is 13.1. The number of carbonyl (C=O) groups is 3. The molecule has 0 aliphatic rings. The van der Waals surface area contributed by atoms with Gasteiger partial charge in [0.25, 0.3) is 0 Å². The lowest BCUT2D eigenvalue weighted by molar-refractivity contribution is -0.122. The third kappa shape index (κ3) is 6.51. The zero-order valence-corrected chi connectivity index (χ0v) is 11.7. The number of benzene rings is 1. The lowest BCUT2D eigenvalue weighted by Gasteiger charge is -2.12. The number of urea groups is 1. The number of carbonyl (C=O) groups excluding carboxylic acids is 3. The molecule has 0 aliphatic carbocycles. The number of hydrogen-bond donors (Lipinski definition) is 3. The zero-order chi connectivity index (χ0) is 15.8.